The highest BCUT2D eigenvalue weighted by atomic mass is 15.2. The Kier molecular flexibility index (Phi) is 6.31. The zero-order valence-electron chi connectivity index (χ0n) is 11.0. The van der Waals surface area contributed by atoms with Gasteiger partial charge < -0.3 is 4.90 Å². The molecule has 0 saturated heterocycles. The van der Waals surface area contributed by atoms with Crippen molar-refractivity contribution in [3.63, 3.8) is 0 Å². The van der Waals surface area contributed by atoms with Crippen LogP contribution in [0.25, 0.3) is 0 Å². The molecular weight excluding hydrogens is 182 g/mol. The van der Waals surface area contributed by atoms with Crippen LogP contribution >= 0.6 is 0 Å². The molecule has 0 N–H and O–H groups in total. The molecule has 90 valence electrons. The van der Waals surface area contributed by atoms with Crippen molar-refractivity contribution in [2.45, 2.75) is 83.7 Å². The Bertz CT molecular complexity index is 149. The number of rotatable bonds is 6. The zero-order chi connectivity index (χ0) is 11.1. The van der Waals surface area contributed by atoms with E-state index in [1.54, 1.807) is 0 Å². The van der Waals surface area contributed by atoms with E-state index in [2.05, 4.69) is 25.8 Å². The Hall–Kier alpha value is -0.0400. The minimum atomic E-state index is 0.841. The average molecular weight is 211 g/mol. The lowest BCUT2D eigenvalue weighted by Gasteiger charge is -2.37. The van der Waals surface area contributed by atoms with Gasteiger partial charge in [-0.2, -0.15) is 0 Å². The summed E-state index contributed by atoms with van der Waals surface area (Å²) in [5.41, 5.74) is 0. The van der Waals surface area contributed by atoms with Gasteiger partial charge in [-0.15, -0.1) is 0 Å². The molecule has 1 rings (SSSR count). The molecule has 0 heterocycles. The van der Waals surface area contributed by atoms with Gasteiger partial charge in [0.15, 0.2) is 0 Å². The molecule has 0 bridgehead atoms. The molecule has 0 spiro atoms. The normalized spacial score (nSPS) is 20.8. The Morgan fingerprint density at radius 2 is 1.80 bits per heavy atom. The van der Waals surface area contributed by atoms with E-state index >= 15 is 0 Å². The maximum atomic E-state index is 2.69. The van der Waals surface area contributed by atoms with Gasteiger partial charge in [-0.1, -0.05) is 46.0 Å². The molecule has 0 amide bonds. The van der Waals surface area contributed by atoms with Crippen LogP contribution < -0.4 is 0 Å². The Balaban J connectivity index is 2.36. The summed E-state index contributed by atoms with van der Waals surface area (Å²) in [7, 11) is 2.36. The number of hydrogen-bond acceptors (Lipinski definition) is 1. The molecule has 1 heteroatoms. The Morgan fingerprint density at radius 3 is 2.33 bits per heavy atom. The predicted molar refractivity (Wildman–Crippen MR) is 68.2 cm³/mol. The van der Waals surface area contributed by atoms with Crippen molar-refractivity contribution in [1.29, 1.82) is 0 Å². The van der Waals surface area contributed by atoms with E-state index in [1.807, 2.05) is 0 Å². The highest BCUT2D eigenvalue weighted by Crippen LogP contribution is 2.25. The molecule has 1 unspecified atom stereocenters. The van der Waals surface area contributed by atoms with Crippen molar-refractivity contribution >= 4 is 0 Å². The highest BCUT2D eigenvalue weighted by molar-refractivity contribution is 4.78. The lowest BCUT2D eigenvalue weighted by Crippen LogP contribution is -2.41. The van der Waals surface area contributed by atoms with E-state index in [9.17, 15) is 0 Å². The molecule has 15 heavy (non-hydrogen) atoms. The molecule has 1 fully saturated rings. The van der Waals surface area contributed by atoms with E-state index in [0.717, 1.165) is 12.1 Å². The van der Waals surface area contributed by atoms with E-state index in [0.29, 0.717) is 0 Å². The van der Waals surface area contributed by atoms with Gasteiger partial charge in [-0.3, -0.25) is 0 Å². The summed E-state index contributed by atoms with van der Waals surface area (Å²) in [6.45, 7) is 4.65. The summed E-state index contributed by atoms with van der Waals surface area (Å²) in [5.74, 6) is 0. The Morgan fingerprint density at radius 1 is 1.13 bits per heavy atom. The average Bonchev–Trinajstić information content (AvgIpc) is 2.31. The first-order chi connectivity index (χ1) is 7.29. The molecule has 1 atom stereocenters. The van der Waals surface area contributed by atoms with Crippen molar-refractivity contribution in [3.8, 4) is 0 Å². The van der Waals surface area contributed by atoms with E-state index < -0.39 is 0 Å². The minimum absolute atomic E-state index is 0.841. The number of hydrogen-bond donors (Lipinski definition) is 0. The monoisotopic (exact) mass is 211 g/mol. The Labute approximate surface area is 96.2 Å². The van der Waals surface area contributed by atoms with Crippen molar-refractivity contribution in [2.24, 2.45) is 0 Å². The topological polar surface area (TPSA) is 3.24 Å². The van der Waals surface area contributed by atoms with Gasteiger partial charge in [-0.25, -0.2) is 0 Å². The zero-order valence-corrected chi connectivity index (χ0v) is 11.0. The summed E-state index contributed by atoms with van der Waals surface area (Å²) in [6.07, 6.45) is 12.7. The summed E-state index contributed by atoms with van der Waals surface area (Å²) in [5, 5.41) is 0. The summed E-state index contributed by atoms with van der Waals surface area (Å²) in [4.78, 5) is 2.69. The second-order valence-electron chi connectivity index (χ2n) is 5.16. The van der Waals surface area contributed by atoms with Crippen LogP contribution in [0.4, 0.5) is 0 Å². The van der Waals surface area contributed by atoms with Crippen LogP contribution in [-0.2, 0) is 0 Å². The van der Waals surface area contributed by atoms with E-state index in [-0.39, 0.29) is 0 Å². The number of unbranched alkanes of at least 4 members (excludes halogenated alkanes) is 1. The molecule has 1 saturated carbocycles. The van der Waals surface area contributed by atoms with Crippen LogP contribution in [0, 0.1) is 0 Å². The second-order valence-corrected chi connectivity index (χ2v) is 5.16. The third-order valence-corrected chi connectivity index (χ3v) is 4.09. The molecule has 0 aromatic carbocycles. The lowest BCUT2D eigenvalue weighted by molar-refractivity contribution is 0.126. The largest absolute Gasteiger partial charge is 0.300 e. The maximum Gasteiger partial charge on any atom is 0.00951 e. The molecular formula is C14H29N. The van der Waals surface area contributed by atoms with E-state index in [1.165, 1.54) is 57.8 Å². The van der Waals surface area contributed by atoms with Crippen LogP contribution in [0.1, 0.15) is 71.6 Å². The standard InChI is InChI=1S/C14H29N/c1-4-6-10-13(5-2)15(3)14-11-8-7-9-12-14/h13-14H,4-12H2,1-3H3. The van der Waals surface area contributed by atoms with Crippen molar-refractivity contribution in [3.05, 3.63) is 0 Å². The van der Waals surface area contributed by atoms with Gasteiger partial charge >= 0.3 is 0 Å². The molecule has 1 aliphatic rings. The molecule has 0 aliphatic heterocycles. The first kappa shape index (κ1) is 13.0. The fourth-order valence-corrected chi connectivity index (χ4v) is 2.92. The van der Waals surface area contributed by atoms with Gasteiger partial charge in [0.05, 0.1) is 0 Å². The van der Waals surface area contributed by atoms with Gasteiger partial charge in [0.25, 0.3) is 0 Å². The molecule has 0 aromatic heterocycles. The minimum Gasteiger partial charge on any atom is -0.300 e. The quantitative estimate of drug-likeness (QED) is 0.636. The van der Waals surface area contributed by atoms with Crippen LogP contribution in [0.5, 0.6) is 0 Å². The first-order valence-electron chi connectivity index (χ1n) is 7.01. The fourth-order valence-electron chi connectivity index (χ4n) is 2.92. The van der Waals surface area contributed by atoms with Gasteiger partial charge in [0, 0.05) is 12.1 Å². The van der Waals surface area contributed by atoms with Gasteiger partial charge in [-0.05, 0) is 32.7 Å². The third-order valence-electron chi connectivity index (χ3n) is 4.09. The smallest absolute Gasteiger partial charge is 0.00951 e. The van der Waals surface area contributed by atoms with Crippen LogP contribution in [-0.4, -0.2) is 24.0 Å². The molecule has 1 aliphatic carbocycles. The maximum absolute atomic E-state index is 2.69. The first-order valence-corrected chi connectivity index (χ1v) is 7.01. The summed E-state index contributed by atoms with van der Waals surface area (Å²) < 4.78 is 0. The number of nitrogens with zero attached hydrogens (tertiary/aromatic N) is 1. The fraction of sp³-hybridized carbons (Fsp3) is 1.00. The SMILES string of the molecule is CCCCC(CC)N(C)C1CCCCC1. The molecule has 0 radical (unpaired) electrons. The second kappa shape index (κ2) is 7.27. The van der Waals surface area contributed by atoms with Crippen LogP contribution in [0.2, 0.25) is 0 Å². The molecule has 1 nitrogen and oxygen atoms in total. The van der Waals surface area contributed by atoms with Crippen molar-refractivity contribution in [2.75, 3.05) is 7.05 Å². The summed E-state index contributed by atoms with van der Waals surface area (Å²) >= 11 is 0. The highest BCUT2D eigenvalue weighted by Gasteiger charge is 2.22. The lowest BCUT2D eigenvalue weighted by atomic mass is 9.92. The van der Waals surface area contributed by atoms with Crippen molar-refractivity contribution < 1.29 is 0 Å². The van der Waals surface area contributed by atoms with Crippen LogP contribution in [0.3, 0.4) is 0 Å². The van der Waals surface area contributed by atoms with Crippen molar-refractivity contribution in [1.82, 2.24) is 4.90 Å². The summed E-state index contributed by atoms with van der Waals surface area (Å²) in [6, 6.07) is 1.73. The van der Waals surface area contributed by atoms with Gasteiger partial charge in [0.2, 0.25) is 0 Å². The molecule has 0 aromatic rings. The third kappa shape index (κ3) is 4.14. The van der Waals surface area contributed by atoms with E-state index in [4.69, 9.17) is 0 Å². The predicted octanol–water partition coefficient (Wildman–Crippen LogP) is 4.22. The van der Waals surface area contributed by atoms with Gasteiger partial charge in [0.1, 0.15) is 0 Å². The van der Waals surface area contributed by atoms with Crippen LogP contribution in [0.15, 0.2) is 0 Å².